The fraction of sp³-hybridized carbons (Fsp3) is 0.312. The first-order valence-corrected chi connectivity index (χ1v) is 7.08. The summed E-state index contributed by atoms with van der Waals surface area (Å²) in [5, 5.41) is 10.4. The standard InChI is InChI=1S/C16H18N4O/c1-20-11-12(8-13-4-2-3-5-15(13)20)9-17-16(21)14-6-7-18-19-10-14/h2-7,10,12H,8-9,11H2,1H3,(H,17,21). The summed E-state index contributed by atoms with van der Waals surface area (Å²) in [6.45, 7) is 1.62. The third-order valence-corrected chi connectivity index (χ3v) is 3.84. The highest BCUT2D eigenvalue weighted by Gasteiger charge is 2.22. The lowest BCUT2D eigenvalue weighted by atomic mass is 9.93. The quantitative estimate of drug-likeness (QED) is 0.927. The number of fused-ring (bicyclic) bond motifs is 1. The summed E-state index contributed by atoms with van der Waals surface area (Å²) in [5.74, 6) is 0.329. The smallest absolute Gasteiger partial charge is 0.252 e. The van der Waals surface area contributed by atoms with Crippen LogP contribution in [0.4, 0.5) is 5.69 Å². The molecule has 0 aliphatic carbocycles. The van der Waals surface area contributed by atoms with Crippen molar-refractivity contribution in [1.29, 1.82) is 0 Å². The van der Waals surface area contributed by atoms with E-state index in [1.165, 1.54) is 23.6 Å². The number of hydrogen-bond acceptors (Lipinski definition) is 4. The number of amides is 1. The molecule has 1 aromatic heterocycles. The Balaban J connectivity index is 1.61. The van der Waals surface area contributed by atoms with Crippen LogP contribution in [0.15, 0.2) is 42.7 Å². The number of para-hydroxylation sites is 1. The summed E-state index contributed by atoms with van der Waals surface area (Å²) >= 11 is 0. The van der Waals surface area contributed by atoms with E-state index in [9.17, 15) is 4.79 Å². The minimum atomic E-state index is -0.0913. The predicted molar refractivity (Wildman–Crippen MR) is 81.3 cm³/mol. The van der Waals surface area contributed by atoms with Gasteiger partial charge >= 0.3 is 0 Å². The Morgan fingerprint density at radius 2 is 2.19 bits per heavy atom. The highest BCUT2D eigenvalue weighted by atomic mass is 16.1. The van der Waals surface area contributed by atoms with Crippen LogP contribution in [0.1, 0.15) is 15.9 Å². The van der Waals surface area contributed by atoms with Gasteiger partial charge in [-0.2, -0.15) is 10.2 Å². The first-order chi connectivity index (χ1) is 10.2. The molecule has 21 heavy (non-hydrogen) atoms. The second-order valence-electron chi connectivity index (χ2n) is 5.42. The fourth-order valence-electron chi connectivity index (χ4n) is 2.82. The van der Waals surface area contributed by atoms with Crippen LogP contribution in [0.25, 0.3) is 0 Å². The molecule has 0 saturated carbocycles. The van der Waals surface area contributed by atoms with E-state index in [0.717, 1.165) is 13.0 Å². The molecular weight excluding hydrogens is 264 g/mol. The largest absolute Gasteiger partial charge is 0.374 e. The van der Waals surface area contributed by atoms with Crippen molar-refractivity contribution >= 4 is 11.6 Å². The van der Waals surface area contributed by atoms with E-state index in [1.54, 1.807) is 6.07 Å². The van der Waals surface area contributed by atoms with Gasteiger partial charge in [0.25, 0.3) is 5.91 Å². The van der Waals surface area contributed by atoms with E-state index in [2.05, 4.69) is 51.7 Å². The van der Waals surface area contributed by atoms with E-state index in [4.69, 9.17) is 0 Å². The van der Waals surface area contributed by atoms with Gasteiger partial charge in [-0.1, -0.05) is 18.2 Å². The van der Waals surface area contributed by atoms with Crippen LogP contribution in [-0.4, -0.2) is 36.2 Å². The zero-order chi connectivity index (χ0) is 14.7. The molecule has 0 bridgehead atoms. The maximum atomic E-state index is 12.0. The summed E-state index contributed by atoms with van der Waals surface area (Å²) in [4.78, 5) is 14.3. The van der Waals surface area contributed by atoms with Gasteiger partial charge in [0.1, 0.15) is 0 Å². The maximum absolute atomic E-state index is 12.0. The van der Waals surface area contributed by atoms with E-state index in [0.29, 0.717) is 18.0 Å². The van der Waals surface area contributed by atoms with Crippen molar-refractivity contribution in [1.82, 2.24) is 15.5 Å². The van der Waals surface area contributed by atoms with Crippen molar-refractivity contribution in [2.24, 2.45) is 5.92 Å². The zero-order valence-electron chi connectivity index (χ0n) is 12.0. The second kappa shape index (κ2) is 5.91. The van der Waals surface area contributed by atoms with Gasteiger partial charge in [0.15, 0.2) is 0 Å². The lowest BCUT2D eigenvalue weighted by molar-refractivity contribution is 0.0946. The highest BCUT2D eigenvalue weighted by molar-refractivity contribution is 5.93. The molecule has 1 aliphatic rings. The highest BCUT2D eigenvalue weighted by Crippen LogP contribution is 2.27. The lowest BCUT2D eigenvalue weighted by Crippen LogP contribution is -2.39. The van der Waals surface area contributed by atoms with Gasteiger partial charge in [-0.3, -0.25) is 4.79 Å². The maximum Gasteiger partial charge on any atom is 0.252 e. The van der Waals surface area contributed by atoms with Crippen LogP contribution in [0.5, 0.6) is 0 Å². The molecule has 2 heterocycles. The lowest BCUT2D eigenvalue weighted by Gasteiger charge is -2.33. The van der Waals surface area contributed by atoms with Crippen LogP contribution in [0, 0.1) is 5.92 Å². The van der Waals surface area contributed by atoms with E-state index >= 15 is 0 Å². The van der Waals surface area contributed by atoms with Gasteiger partial charge in [0.05, 0.1) is 18.0 Å². The molecule has 1 atom stereocenters. The second-order valence-corrected chi connectivity index (χ2v) is 5.42. The molecule has 0 saturated heterocycles. The van der Waals surface area contributed by atoms with Crippen molar-refractivity contribution in [3.8, 4) is 0 Å². The van der Waals surface area contributed by atoms with Gasteiger partial charge in [-0.05, 0) is 30.0 Å². The monoisotopic (exact) mass is 282 g/mol. The Morgan fingerprint density at radius 1 is 1.33 bits per heavy atom. The number of benzene rings is 1. The number of nitrogens with zero attached hydrogens (tertiary/aromatic N) is 3. The number of anilines is 1. The van der Waals surface area contributed by atoms with Crippen LogP contribution in [-0.2, 0) is 6.42 Å². The topological polar surface area (TPSA) is 58.1 Å². The summed E-state index contributed by atoms with van der Waals surface area (Å²) in [7, 11) is 2.10. The molecule has 108 valence electrons. The summed E-state index contributed by atoms with van der Waals surface area (Å²) in [6.07, 6.45) is 4.01. The van der Waals surface area contributed by atoms with Crippen LogP contribution in [0.2, 0.25) is 0 Å². The molecule has 3 rings (SSSR count). The number of carbonyl (C=O) groups is 1. The van der Waals surface area contributed by atoms with Gasteiger partial charge in [-0.15, -0.1) is 0 Å². The number of carbonyl (C=O) groups excluding carboxylic acids is 1. The SMILES string of the molecule is CN1CC(CNC(=O)c2ccnnc2)Cc2ccccc21. The summed E-state index contributed by atoms with van der Waals surface area (Å²) in [6, 6.07) is 10.1. The molecule has 0 spiro atoms. The molecule has 5 nitrogen and oxygen atoms in total. The zero-order valence-corrected chi connectivity index (χ0v) is 12.0. The molecule has 1 amide bonds. The first kappa shape index (κ1) is 13.5. The number of nitrogens with one attached hydrogen (secondary N) is 1. The molecule has 1 aromatic carbocycles. The number of aromatic nitrogens is 2. The number of rotatable bonds is 3. The third-order valence-electron chi connectivity index (χ3n) is 3.84. The first-order valence-electron chi connectivity index (χ1n) is 7.08. The minimum Gasteiger partial charge on any atom is -0.374 e. The van der Waals surface area contributed by atoms with Crippen LogP contribution >= 0.6 is 0 Å². The molecule has 0 radical (unpaired) electrons. The average molecular weight is 282 g/mol. The molecular formula is C16H18N4O. The van der Waals surface area contributed by atoms with E-state index < -0.39 is 0 Å². The van der Waals surface area contributed by atoms with Gasteiger partial charge in [0, 0.05) is 25.8 Å². The normalized spacial score (nSPS) is 17.2. The molecule has 2 aromatic rings. The van der Waals surface area contributed by atoms with Crippen LogP contribution < -0.4 is 10.2 Å². The Bertz CT molecular complexity index is 629. The third kappa shape index (κ3) is 3.02. The van der Waals surface area contributed by atoms with E-state index in [1.807, 2.05) is 0 Å². The Hall–Kier alpha value is -2.43. The molecule has 1 unspecified atom stereocenters. The predicted octanol–water partition coefficient (Wildman–Crippen LogP) is 1.52. The Kier molecular flexibility index (Phi) is 3.81. The molecule has 1 aliphatic heterocycles. The summed E-state index contributed by atoms with van der Waals surface area (Å²) in [5.41, 5.74) is 3.18. The minimum absolute atomic E-state index is 0.0913. The average Bonchev–Trinajstić information content (AvgIpc) is 2.53. The van der Waals surface area contributed by atoms with Gasteiger partial charge in [-0.25, -0.2) is 0 Å². The number of hydrogen-bond donors (Lipinski definition) is 1. The van der Waals surface area contributed by atoms with Crippen LogP contribution in [0.3, 0.4) is 0 Å². The Labute approximate surface area is 124 Å². The van der Waals surface area contributed by atoms with Crippen molar-refractivity contribution in [3.05, 3.63) is 53.9 Å². The van der Waals surface area contributed by atoms with Gasteiger partial charge in [0.2, 0.25) is 0 Å². The van der Waals surface area contributed by atoms with Crippen molar-refractivity contribution in [3.63, 3.8) is 0 Å². The van der Waals surface area contributed by atoms with Crippen molar-refractivity contribution in [2.45, 2.75) is 6.42 Å². The van der Waals surface area contributed by atoms with E-state index in [-0.39, 0.29) is 5.91 Å². The van der Waals surface area contributed by atoms with Crippen molar-refractivity contribution in [2.75, 3.05) is 25.0 Å². The van der Waals surface area contributed by atoms with Gasteiger partial charge < -0.3 is 10.2 Å². The Morgan fingerprint density at radius 3 is 3.00 bits per heavy atom. The molecule has 5 heteroatoms. The molecule has 0 fully saturated rings. The summed E-state index contributed by atoms with van der Waals surface area (Å²) < 4.78 is 0. The van der Waals surface area contributed by atoms with Crippen molar-refractivity contribution < 1.29 is 4.79 Å². The molecule has 1 N–H and O–H groups in total. The fourth-order valence-corrected chi connectivity index (χ4v) is 2.82.